The maximum Gasteiger partial charge on any atom is 0.416 e. The number of hydrogen-bond acceptors (Lipinski definition) is 2. The Morgan fingerprint density at radius 3 is 2.29 bits per heavy atom. The van der Waals surface area contributed by atoms with Gasteiger partial charge in [-0.3, -0.25) is 4.79 Å². The van der Waals surface area contributed by atoms with Crippen LogP contribution >= 0.6 is 0 Å². The molecule has 1 aromatic rings. The van der Waals surface area contributed by atoms with E-state index < -0.39 is 11.7 Å². The first kappa shape index (κ1) is 15.6. The van der Waals surface area contributed by atoms with Crippen LogP contribution < -0.4 is 5.32 Å². The Labute approximate surface area is 98.8 Å². The fourth-order valence-corrected chi connectivity index (χ4v) is 1.35. The third-order valence-electron chi connectivity index (χ3n) is 2.00. The van der Waals surface area contributed by atoms with E-state index in [9.17, 15) is 18.0 Å². The molecule has 0 bridgehead atoms. The predicted octanol–water partition coefficient (Wildman–Crippen LogP) is 3.26. The highest BCUT2D eigenvalue weighted by Gasteiger charge is 2.33. The van der Waals surface area contributed by atoms with Crippen LogP contribution in [-0.2, 0) is 12.7 Å². The van der Waals surface area contributed by atoms with Gasteiger partial charge < -0.3 is 5.32 Å². The molecule has 0 aliphatic heterocycles. The van der Waals surface area contributed by atoms with Gasteiger partial charge in [0.1, 0.15) is 6.29 Å². The van der Waals surface area contributed by atoms with Crippen LogP contribution in [0, 0.1) is 0 Å². The van der Waals surface area contributed by atoms with E-state index in [0.717, 1.165) is 6.07 Å². The van der Waals surface area contributed by atoms with E-state index in [4.69, 9.17) is 0 Å². The van der Waals surface area contributed by atoms with Crippen LogP contribution in [0.3, 0.4) is 0 Å². The Kier molecular flexibility index (Phi) is 6.50. The zero-order chi connectivity index (χ0) is 13.5. The fraction of sp³-hybridized carbons (Fsp3) is 0.417. The van der Waals surface area contributed by atoms with Crippen molar-refractivity contribution in [3.8, 4) is 0 Å². The molecule has 2 nitrogen and oxygen atoms in total. The zero-order valence-electron chi connectivity index (χ0n) is 10.1. The summed E-state index contributed by atoms with van der Waals surface area (Å²) < 4.78 is 37.6. The van der Waals surface area contributed by atoms with Crippen molar-refractivity contribution < 1.29 is 18.0 Å². The average Bonchev–Trinajstić information content (AvgIpc) is 2.31. The van der Waals surface area contributed by atoms with Gasteiger partial charge in [-0.15, -0.1) is 0 Å². The second-order valence-corrected chi connectivity index (χ2v) is 3.02. The number of hydrogen-bond donors (Lipinski definition) is 1. The Hall–Kier alpha value is -1.36. The first-order valence-electron chi connectivity index (χ1n) is 5.29. The monoisotopic (exact) mass is 247 g/mol. The molecular weight excluding hydrogens is 231 g/mol. The maximum absolute atomic E-state index is 12.5. The second kappa shape index (κ2) is 7.06. The van der Waals surface area contributed by atoms with Gasteiger partial charge >= 0.3 is 6.18 Å². The summed E-state index contributed by atoms with van der Waals surface area (Å²) in [5.41, 5.74) is -0.705. The van der Waals surface area contributed by atoms with E-state index in [1.807, 2.05) is 13.8 Å². The molecule has 0 unspecified atom stereocenters. The molecule has 0 heterocycles. The summed E-state index contributed by atoms with van der Waals surface area (Å²) in [6, 6.07) is 3.57. The average molecular weight is 247 g/mol. The predicted molar refractivity (Wildman–Crippen MR) is 60.9 cm³/mol. The topological polar surface area (TPSA) is 29.1 Å². The SMILES string of the molecule is CC.CNCc1c(C=O)cccc1C(F)(F)F. The first-order valence-corrected chi connectivity index (χ1v) is 5.29. The van der Waals surface area contributed by atoms with Crippen LogP contribution in [0.1, 0.15) is 35.3 Å². The van der Waals surface area contributed by atoms with Crippen molar-refractivity contribution in [3.63, 3.8) is 0 Å². The molecule has 96 valence electrons. The minimum absolute atomic E-state index is 0.0116. The van der Waals surface area contributed by atoms with Crippen LogP contribution in [0.15, 0.2) is 18.2 Å². The molecule has 0 saturated carbocycles. The van der Waals surface area contributed by atoms with Crippen LogP contribution in [0.25, 0.3) is 0 Å². The van der Waals surface area contributed by atoms with Crippen molar-refractivity contribution in [1.29, 1.82) is 0 Å². The molecule has 0 amide bonds. The van der Waals surface area contributed by atoms with Crippen LogP contribution in [0.2, 0.25) is 0 Å². The van der Waals surface area contributed by atoms with Crippen molar-refractivity contribution in [3.05, 3.63) is 34.9 Å². The molecule has 0 saturated heterocycles. The lowest BCUT2D eigenvalue weighted by molar-refractivity contribution is -0.138. The van der Waals surface area contributed by atoms with Crippen molar-refractivity contribution >= 4 is 6.29 Å². The van der Waals surface area contributed by atoms with Crippen LogP contribution in [-0.4, -0.2) is 13.3 Å². The standard InChI is InChI=1S/C10H10F3NO.C2H6/c1-14-5-8-7(6-15)3-2-4-9(8)10(11,12)13;1-2/h2-4,6,14H,5H2,1H3;1-2H3. The number of carbonyl (C=O) groups excluding carboxylic acids is 1. The molecule has 17 heavy (non-hydrogen) atoms. The summed E-state index contributed by atoms with van der Waals surface area (Å²) in [6.07, 6.45) is -3.99. The summed E-state index contributed by atoms with van der Waals surface area (Å²) in [5.74, 6) is 0. The molecule has 0 aromatic heterocycles. The molecule has 0 radical (unpaired) electrons. The Morgan fingerprint density at radius 1 is 1.29 bits per heavy atom. The van der Waals surface area contributed by atoms with E-state index >= 15 is 0 Å². The third kappa shape index (κ3) is 4.19. The van der Waals surface area contributed by atoms with Crippen LogP contribution in [0.5, 0.6) is 0 Å². The minimum Gasteiger partial charge on any atom is -0.316 e. The second-order valence-electron chi connectivity index (χ2n) is 3.02. The lowest BCUT2D eigenvalue weighted by atomic mass is 10.0. The smallest absolute Gasteiger partial charge is 0.316 e. The summed E-state index contributed by atoms with van der Waals surface area (Å²) in [4.78, 5) is 10.6. The molecule has 5 heteroatoms. The highest BCUT2D eigenvalue weighted by atomic mass is 19.4. The lowest BCUT2D eigenvalue weighted by Gasteiger charge is -2.13. The fourth-order valence-electron chi connectivity index (χ4n) is 1.35. The molecule has 1 N–H and O–H groups in total. The van der Waals surface area contributed by atoms with Crippen molar-refractivity contribution in [1.82, 2.24) is 5.32 Å². The quantitative estimate of drug-likeness (QED) is 0.830. The highest BCUT2D eigenvalue weighted by molar-refractivity contribution is 5.78. The van der Waals surface area contributed by atoms with E-state index in [0.29, 0.717) is 6.29 Å². The molecule has 1 rings (SSSR count). The van der Waals surface area contributed by atoms with Gasteiger partial charge in [-0.1, -0.05) is 26.0 Å². The summed E-state index contributed by atoms with van der Waals surface area (Å²) in [6.45, 7) is 4.02. The molecule has 0 spiro atoms. The molecule has 0 fully saturated rings. The highest BCUT2D eigenvalue weighted by Crippen LogP contribution is 2.32. The number of benzene rings is 1. The Morgan fingerprint density at radius 2 is 1.88 bits per heavy atom. The molecule has 1 aromatic carbocycles. The van der Waals surface area contributed by atoms with Crippen LogP contribution in [0.4, 0.5) is 13.2 Å². The minimum atomic E-state index is -4.43. The van der Waals surface area contributed by atoms with E-state index in [2.05, 4.69) is 5.32 Å². The largest absolute Gasteiger partial charge is 0.416 e. The van der Waals surface area contributed by atoms with Crippen molar-refractivity contribution in [2.45, 2.75) is 26.6 Å². The van der Waals surface area contributed by atoms with Gasteiger partial charge in [-0.25, -0.2) is 0 Å². The molecule has 0 atom stereocenters. The summed E-state index contributed by atoms with van der Waals surface area (Å²) in [7, 11) is 1.53. The van der Waals surface area contributed by atoms with Gasteiger partial charge in [0.05, 0.1) is 5.56 Å². The Balaban J connectivity index is 0.00000121. The van der Waals surface area contributed by atoms with E-state index in [-0.39, 0.29) is 17.7 Å². The molecule has 0 aliphatic rings. The number of halogens is 3. The van der Waals surface area contributed by atoms with Gasteiger partial charge in [0.2, 0.25) is 0 Å². The zero-order valence-corrected chi connectivity index (χ0v) is 10.1. The van der Waals surface area contributed by atoms with Crippen molar-refractivity contribution in [2.75, 3.05) is 7.05 Å². The number of nitrogens with one attached hydrogen (secondary N) is 1. The maximum atomic E-state index is 12.5. The summed E-state index contributed by atoms with van der Waals surface area (Å²) >= 11 is 0. The van der Waals surface area contributed by atoms with Gasteiger partial charge in [0, 0.05) is 12.1 Å². The van der Waals surface area contributed by atoms with Gasteiger partial charge in [0.25, 0.3) is 0 Å². The van der Waals surface area contributed by atoms with Gasteiger partial charge in [-0.05, 0) is 18.7 Å². The van der Waals surface area contributed by atoms with E-state index in [1.165, 1.54) is 19.2 Å². The van der Waals surface area contributed by atoms with Crippen molar-refractivity contribution in [2.24, 2.45) is 0 Å². The molecule has 0 aliphatic carbocycles. The normalized spacial score (nSPS) is 10.5. The number of rotatable bonds is 3. The van der Waals surface area contributed by atoms with Gasteiger partial charge in [0.15, 0.2) is 0 Å². The third-order valence-corrected chi connectivity index (χ3v) is 2.00. The Bertz CT molecular complexity index is 361. The number of aldehydes is 1. The van der Waals surface area contributed by atoms with E-state index in [1.54, 1.807) is 0 Å². The molecular formula is C12H16F3NO. The number of carbonyl (C=O) groups is 1. The number of alkyl halides is 3. The summed E-state index contributed by atoms with van der Waals surface area (Å²) in [5, 5.41) is 2.61. The first-order chi connectivity index (χ1) is 8.00. The lowest BCUT2D eigenvalue weighted by Crippen LogP contribution is -2.16. The van der Waals surface area contributed by atoms with Gasteiger partial charge in [-0.2, -0.15) is 13.2 Å².